The van der Waals surface area contributed by atoms with Crippen LogP contribution < -0.4 is 10.1 Å². The number of rotatable bonds is 5. The molecule has 1 heterocycles. The third kappa shape index (κ3) is 5.04. The number of carbonyl (C=O) groups is 2. The van der Waals surface area contributed by atoms with Crippen molar-refractivity contribution in [1.29, 1.82) is 0 Å². The number of nitrogens with zero attached hydrogens (tertiary/aromatic N) is 1. The minimum atomic E-state index is -0.139. The number of carbonyl (C=O) groups excluding carboxylic acids is 2. The number of halogens is 1. The lowest BCUT2D eigenvalue weighted by Crippen LogP contribution is -2.43. The van der Waals surface area contributed by atoms with Gasteiger partial charge in [-0.05, 0) is 43.2 Å². The summed E-state index contributed by atoms with van der Waals surface area (Å²) in [6.45, 7) is 5.01. The number of hydrogen-bond acceptors (Lipinski definition) is 3. The van der Waals surface area contributed by atoms with Gasteiger partial charge in [-0.1, -0.05) is 43.6 Å². The van der Waals surface area contributed by atoms with Crippen LogP contribution in [0.2, 0.25) is 5.02 Å². The van der Waals surface area contributed by atoms with E-state index < -0.39 is 0 Å². The maximum absolute atomic E-state index is 12.8. The molecule has 6 heteroatoms. The highest BCUT2D eigenvalue weighted by Gasteiger charge is 2.28. The summed E-state index contributed by atoms with van der Waals surface area (Å²) >= 11 is 6.12. The molecule has 2 aromatic rings. The lowest BCUT2D eigenvalue weighted by Gasteiger charge is -2.32. The van der Waals surface area contributed by atoms with Gasteiger partial charge in [0.25, 0.3) is 0 Å². The largest absolute Gasteiger partial charge is 0.455 e. The second-order valence-electron chi connectivity index (χ2n) is 7.30. The fraction of sp³-hybridized carbons (Fsp3) is 0.364. The minimum absolute atomic E-state index is 0.0190. The van der Waals surface area contributed by atoms with Crippen molar-refractivity contribution in [1.82, 2.24) is 4.90 Å². The van der Waals surface area contributed by atoms with Gasteiger partial charge in [0.15, 0.2) is 5.75 Å². The van der Waals surface area contributed by atoms with E-state index in [0.29, 0.717) is 48.1 Å². The number of benzene rings is 2. The van der Waals surface area contributed by atoms with E-state index in [1.165, 1.54) is 0 Å². The minimum Gasteiger partial charge on any atom is -0.455 e. The van der Waals surface area contributed by atoms with Gasteiger partial charge in [-0.25, -0.2) is 0 Å². The molecule has 3 rings (SSSR count). The van der Waals surface area contributed by atoms with Crippen LogP contribution in [0, 0.1) is 11.8 Å². The quantitative estimate of drug-likeness (QED) is 0.771. The Labute approximate surface area is 170 Å². The summed E-state index contributed by atoms with van der Waals surface area (Å²) in [7, 11) is 0. The van der Waals surface area contributed by atoms with E-state index in [4.69, 9.17) is 16.3 Å². The second-order valence-corrected chi connectivity index (χ2v) is 7.74. The van der Waals surface area contributed by atoms with Gasteiger partial charge in [0.1, 0.15) is 5.75 Å². The highest BCUT2D eigenvalue weighted by Crippen LogP contribution is 2.33. The molecule has 1 N–H and O–H groups in total. The Morgan fingerprint density at radius 3 is 2.43 bits per heavy atom. The maximum atomic E-state index is 12.8. The number of likely N-dealkylation sites (tertiary alicyclic amines) is 1. The van der Waals surface area contributed by atoms with Crippen molar-refractivity contribution in [3.05, 3.63) is 53.6 Å². The summed E-state index contributed by atoms with van der Waals surface area (Å²) in [5.41, 5.74) is 0.544. The van der Waals surface area contributed by atoms with E-state index in [2.05, 4.69) is 5.32 Å². The molecule has 0 radical (unpaired) electrons. The van der Waals surface area contributed by atoms with Gasteiger partial charge in [0.05, 0.1) is 5.69 Å². The molecule has 148 valence electrons. The molecule has 0 aliphatic carbocycles. The first-order valence-corrected chi connectivity index (χ1v) is 9.94. The van der Waals surface area contributed by atoms with Crippen LogP contribution in [0.5, 0.6) is 11.5 Å². The average Bonchev–Trinajstić information content (AvgIpc) is 2.70. The number of amides is 2. The average molecular weight is 401 g/mol. The molecule has 28 heavy (non-hydrogen) atoms. The summed E-state index contributed by atoms with van der Waals surface area (Å²) < 4.78 is 5.90. The monoisotopic (exact) mass is 400 g/mol. The van der Waals surface area contributed by atoms with Crippen molar-refractivity contribution in [2.24, 2.45) is 11.8 Å². The van der Waals surface area contributed by atoms with Gasteiger partial charge in [-0.2, -0.15) is 0 Å². The van der Waals surface area contributed by atoms with Crippen molar-refractivity contribution in [2.75, 3.05) is 18.4 Å². The van der Waals surface area contributed by atoms with E-state index in [-0.39, 0.29) is 23.7 Å². The molecule has 5 nitrogen and oxygen atoms in total. The zero-order chi connectivity index (χ0) is 20.1. The fourth-order valence-corrected chi connectivity index (χ4v) is 3.44. The molecule has 0 saturated carbocycles. The highest BCUT2D eigenvalue weighted by molar-refractivity contribution is 6.31. The van der Waals surface area contributed by atoms with Gasteiger partial charge in [-0.3, -0.25) is 9.59 Å². The Hall–Kier alpha value is -2.53. The predicted octanol–water partition coefficient (Wildman–Crippen LogP) is 4.97. The molecule has 1 aliphatic heterocycles. The van der Waals surface area contributed by atoms with Crippen molar-refractivity contribution >= 4 is 29.1 Å². The normalized spacial score (nSPS) is 14.8. The molecule has 0 unspecified atom stereocenters. The first-order chi connectivity index (χ1) is 13.4. The number of hydrogen-bond donors (Lipinski definition) is 1. The molecule has 0 atom stereocenters. The zero-order valence-electron chi connectivity index (χ0n) is 16.2. The molecule has 2 aromatic carbocycles. The predicted molar refractivity (Wildman–Crippen MR) is 111 cm³/mol. The summed E-state index contributed by atoms with van der Waals surface area (Å²) in [5, 5.41) is 3.48. The van der Waals surface area contributed by atoms with Crippen LogP contribution >= 0.6 is 11.6 Å². The molecular formula is C22H25ClN2O3. The Bertz CT molecular complexity index is 831. The highest BCUT2D eigenvalue weighted by atomic mass is 35.5. The summed E-state index contributed by atoms with van der Waals surface area (Å²) in [5.74, 6) is 1.13. The van der Waals surface area contributed by atoms with E-state index >= 15 is 0 Å². The standard InChI is InChI=1S/C22H25ClN2O3/c1-15(2)22(27)25-12-10-16(11-13-25)21(26)24-19-14-17(23)8-9-20(19)28-18-6-4-3-5-7-18/h3-9,14-16H,10-13H2,1-2H3,(H,24,26). The smallest absolute Gasteiger partial charge is 0.227 e. The molecule has 0 spiro atoms. The lowest BCUT2D eigenvalue weighted by atomic mass is 9.95. The number of ether oxygens (including phenoxy) is 1. The molecule has 1 fully saturated rings. The first kappa shape index (κ1) is 20.2. The van der Waals surface area contributed by atoms with Gasteiger partial charge >= 0.3 is 0 Å². The van der Waals surface area contributed by atoms with Crippen LogP contribution in [0.1, 0.15) is 26.7 Å². The lowest BCUT2D eigenvalue weighted by molar-refractivity contribution is -0.137. The van der Waals surface area contributed by atoms with Crippen LogP contribution in [0.25, 0.3) is 0 Å². The fourth-order valence-electron chi connectivity index (χ4n) is 3.27. The van der Waals surface area contributed by atoms with E-state index in [9.17, 15) is 9.59 Å². The molecule has 1 saturated heterocycles. The molecule has 2 amide bonds. The van der Waals surface area contributed by atoms with Gasteiger partial charge in [0.2, 0.25) is 11.8 Å². The van der Waals surface area contributed by atoms with E-state index in [1.54, 1.807) is 18.2 Å². The number of nitrogens with one attached hydrogen (secondary N) is 1. The van der Waals surface area contributed by atoms with Crippen molar-refractivity contribution in [3.63, 3.8) is 0 Å². The number of para-hydroxylation sites is 1. The van der Waals surface area contributed by atoms with Crippen LogP contribution in [0.15, 0.2) is 48.5 Å². The Balaban J connectivity index is 1.66. The second kappa shape index (κ2) is 9.11. The van der Waals surface area contributed by atoms with Crippen molar-refractivity contribution < 1.29 is 14.3 Å². The van der Waals surface area contributed by atoms with Gasteiger partial charge < -0.3 is 15.0 Å². The SMILES string of the molecule is CC(C)C(=O)N1CCC(C(=O)Nc2cc(Cl)ccc2Oc2ccccc2)CC1. The van der Waals surface area contributed by atoms with E-state index in [1.807, 2.05) is 49.1 Å². The number of piperidine rings is 1. The molecule has 1 aliphatic rings. The summed E-state index contributed by atoms with van der Waals surface area (Å²) in [4.78, 5) is 26.7. The molecular weight excluding hydrogens is 376 g/mol. The zero-order valence-corrected chi connectivity index (χ0v) is 16.9. The third-order valence-corrected chi connectivity index (χ3v) is 5.08. The van der Waals surface area contributed by atoms with Crippen LogP contribution in [0.4, 0.5) is 5.69 Å². The first-order valence-electron chi connectivity index (χ1n) is 9.56. The van der Waals surface area contributed by atoms with Crippen LogP contribution in [0.3, 0.4) is 0 Å². The van der Waals surface area contributed by atoms with Crippen LogP contribution in [-0.4, -0.2) is 29.8 Å². The summed E-state index contributed by atoms with van der Waals surface area (Å²) in [6.07, 6.45) is 1.31. The Kier molecular flexibility index (Phi) is 6.57. The van der Waals surface area contributed by atoms with Crippen molar-refractivity contribution in [2.45, 2.75) is 26.7 Å². The van der Waals surface area contributed by atoms with Crippen LogP contribution in [-0.2, 0) is 9.59 Å². The van der Waals surface area contributed by atoms with Crippen molar-refractivity contribution in [3.8, 4) is 11.5 Å². The molecule has 0 aromatic heterocycles. The van der Waals surface area contributed by atoms with E-state index in [0.717, 1.165) is 0 Å². The summed E-state index contributed by atoms with van der Waals surface area (Å²) in [6, 6.07) is 14.5. The maximum Gasteiger partial charge on any atom is 0.227 e. The topological polar surface area (TPSA) is 58.6 Å². The number of anilines is 1. The Morgan fingerprint density at radius 1 is 1.11 bits per heavy atom. The third-order valence-electron chi connectivity index (χ3n) is 4.84. The Morgan fingerprint density at radius 2 is 1.79 bits per heavy atom. The van der Waals surface area contributed by atoms with Gasteiger partial charge in [0, 0.05) is 29.9 Å². The van der Waals surface area contributed by atoms with Gasteiger partial charge in [-0.15, -0.1) is 0 Å². The molecule has 0 bridgehead atoms.